The molecule has 0 saturated heterocycles. The SMILES string of the molecule is CSc1cc(=C(C#N)C#N)c(SC)cc1=C(C#N)C#N. The van der Waals surface area contributed by atoms with Crippen molar-refractivity contribution in [3.05, 3.63) is 22.6 Å². The quantitative estimate of drug-likeness (QED) is 0.768. The van der Waals surface area contributed by atoms with Crippen LogP contribution < -0.4 is 10.4 Å². The molecule has 1 aromatic carbocycles. The van der Waals surface area contributed by atoms with Crippen LogP contribution in [0.3, 0.4) is 0 Å². The van der Waals surface area contributed by atoms with E-state index in [9.17, 15) is 0 Å². The summed E-state index contributed by atoms with van der Waals surface area (Å²) in [6, 6.07) is 10.8. The zero-order valence-electron chi connectivity index (χ0n) is 10.8. The maximum Gasteiger partial charge on any atom is 0.138 e. The van der Waals surface area contributed by atoms with E-state index in [0.717, 1.165) is 0 Å². The molecule has 0 fully saturated rings. The monoisotopic (exact) mass is 296 g/mol. The van der Waals surface area contributed by atoms with E-state index in [1.807, 2.05) is 36.8 Å². The second-order valence-corrected chi connectivity index (χ2v) is 5.15. The second-order valence-electron chi connectivity index (χ2n) is 3.45. The summed E-state index contributed by atoms with van der Waals surface area (Å²) < 4.78 is 0. The number of hydrogen-bond donors (Lipinski definition) is 0. The van der Waals surface area contributed by atoms with E-state index in [0.29, 0.717) is 20.2 Å². The Morgan fingerprint density at radius 1 is 0.750 bits per heavy atom. The third kappa shape index (κ3) is 2.95. The Kier molecular flexibility index (Phi) is 5.70. The Balaban J connectivity index is 4.06. The first-order valence-corrected chi connectivity index (χ1v) is 7.72. The van der Waals surface area contributed by atoms with Crippen LogP contribution in [0.15, 0.2) is 21.9 Å². The smallest absolute Gasteiger partial charge is 0.138 e. The van der Waals surface area contributed by atoms with Gasteiger partial charge in [-0.1, -0.05) is 0 Å². The summed E-state index contributed by atoms with van der Waals surface area (Å²) in [7, 11) is 0. The summed E-state index contributed by atoms with van der Waals surface area (Å²) in [5, 5.41) is 37.1. The average molecular weight is 296 g/mol. The largest absolute Gasteiger partial charge is 0.192 e. The van der Waals surface area contributed by atoms with Crippen molar-refractivity contribution >= 4 is 34.7 Å². The summed E-state index contributed by atoms with van der Waals surface area (Å²) in [4.78, 5) is 1.39. The fourth-order valence-corrected chi connectivity index (χ4v) is 2.81. The van der Waals surface area contributed by atoms with Gasteiger partial charge in [0.15, 0.2) is 0 Å². The highest BCUT2D eigenvalue weighted by Gasteiger charge is 2.08. The highest BCUT2D eigenvalue weighted by Crippen LogP contribution is 2.14. The summed E-state index contributed by atoms with van der Waals surface area (Å²) in [5.41, 5.74) is 0.0401. The first kappa shape index (κ1) is 15.7. The van der Waals surface area contributed by atoms with Crippen LogP contribution in [-0.2, 0) is 0 Å². The molecule has 20 heavy (non-hydrogen) atoms. The number of thioether (sulfide) groups is 2. The average Bonchev–Trinajstić information content (AvgIpc) is 2.50. The van der Waals surface area contributed by atoms with Crippen LogP contribution in [0.1, 0.15) is 0 Å². The minimum absolute atomic E-state index is 0.0201. The Morgan fingerprint density at radius 3 is 1.25 bits per heavy atom. The van der Waals surface area contributed by atoms with Gasteiger partial charge in [-0.2, -0.15) is 21.0 Å². The Labute approximate surface area is 125 Å². The lowest BCUT2D eigenvalue weighted by atomic mass is 10.1. The number of nitriles is 4. The molecule has 0 N–H and O–H groups in total. The number of benzene rings is 1. The summed E-state index contributed by atoms with van der Waals surface area (Å²) in [5.74, 6) is 0. The molecule has 0 bridgehead atoms. The highest BCUT2D eigenvalue weighted by molar-refractivity contribution is 7.99. The van der Waals surface area contributed by atoms with E-state index < -0.39 is 0 Å². The zero-order valence-corrected chi connectivity index (χ0v) is 12.4. The molecule has 0 unspecified atom stereocenters. The van der Waals surface area contributed by atoms with Gasteiger partial charge >= 0.3 is 0 Å². The first-order valence-electron chi connectivity index (χ1n) is 5.27. The minimum atomic E-state index is 0.0201. The van der Waals surface area contributed by atoms with Gasteiger partial charge in [0.1, 0.15) is 35.4 Å². The third-order valence-electron chi connectivity index (χ3n) is 2.51. The highest BCUT2D eigenvalue weighted by atomic mass is 32.2. The van der Waals surface area contributed by atoms with Crippen molar-refractivity contribution in [3.8, 4) is 24.3 Å². The molecular weight excluding hydrogens is 288 g/mol. The van der Waals surface area contributed by atoms with Gasteiger partial charge < -0.3 is 0 Å². The second kappa shape index (κ2) is 7.27. The number of nitrogens with zero attached hydrogens (tertiary/aromatic N) is 4. The van der Waals surface area contributed by atoms with Crippen LogP contribution in [0, 0.1) is 45.3 Å². The predicted molar refractivity (Wildman–Crippen MR) is 78.5 cm³/mol. The van der Waals surface area contributed by atoms with E-state index in [1.165, 1.54) is 23.5 Å². The van der Waals surface area contributed by atoms with Crippen LogP contribution in [0.4, 0.5) is 0 Å². The summed E-state index contributed by atoms with van der Waals surface area (Å²) in [6.07, 6.45) is 3.62. The minimum Gasteiger partial charge on any atom is -0.192 e. The van der Waals surface area contributed by atoms with E-state index in [1.54, 1.807) is 12.1 Å². The Morgan fingerprint density at radius 2 is 1.05 bits per heavy atom. The van der Waals surface area contributed by atoms with Gasteiger partial charge in [-0.3, -0.25) is 0 Å². The molecule has 0 saturated carbocycles. The van der Waals surface area contributed by atoms with Crippen LogP contribution >= 0.6 is 23.5 Å². The lowest BCUT2D eigenvalue weighted by Gasteiger charge is -2.04. The molecule has 0 aromatic heterocycles. The van der Waals surface area contributed by atoms with Crippen LogP contribution in [0.2, 0.25) is 0 Å². The fourth-order valence-electron chi connectivity index (χ4n) is 1.58. The standard InChI is InChI=1S/C14H8N4S2/c1-19-13-3-12(10(7-17)8-18)14(20-2)4-11(13)9(5-15)6-16/h3-4H,1-2H3. The topological polar surface area (TPSA) is 95.2 Å². The van der Waals surface area contributed by atoms with Crippen molar-refractivity contribution in [3.63, 3.8) is 0 Å². The fraction of sp³-hybridized carbons (Fsp3) is 0.143. The van der Waals surface area contributed by atoms with Crippen molar-refractivity contribution in [1.29, 1.82) is 21.0 Å². The molecule has 1 rings (SSSR count). The van der Waals surface area contributed by atoms with E-state index in [-0.39, 0.29) is 11.1 Å². The van der Waals surface area contributed by atoms with Crippen molar-refractivity contribution in [2.24, 2.45) is 0 Å². The zero-order chi connectivity index (χ0) is 15.1. The molecule has 0 spiro atoms. The number of hydrogen-bond acceptors (Lipinski definition) is 6. The first-order chi connectivity index (χ1) is 9.66. The molecule has 4 nitrogen and oxygen atoms in total. The summed E-state index contributed by atoms with van der Waals surface area (Å²) in [6.45, 7) is 0. The van der Waals surface area contributed by atoms with Crippen LogP contribution in [0.25, 0.3) is 11.1 Å². The number of rotatable bonds is 2. The molecule has 6 heteroatoms. The van der Waals surface area contributed by atoms with Crippen LogP contribution in [-0.4, -0.2) is 12.5 Å². The van der Waals surface area contributed by atoms with E-state index in [2.05, 4.69) is 0 Å². The molecule has 0 aliphatic carbocycles. The molecule has 0 amide bonds. The van der Waals surface area contributed by atoms with Gasteiger partial charge in [-0.05, 0) is 24.6 Å². The third-order valence-corrected chi connectivity index (χ3v) is 4.06. The van der Waals surface area contributed by atoms with Gasteiger partial charge in [-0.25, -0.2) is 0 Å². The molecule has 0 aliphatic rings. The van der Waals surface area contributed by atoms with Crippen molar-refractivity contribution in [2.45, 2.75) is 9.79 Å². The van der Waals surface area contributed by atoms with Crippen molar-refractivity contribution < 1.29 is 0 Å². The van der Waals surface area contributed by atoms with Gasteiger partial charge in [0.25, 0.3) is 0 Å². The van der Waals surface area contributed by atoms with Gasteiger partial charge in [0.2, 0.25) is 0 Å². The van der Waals surface area contributed by atoms with Crippen molar-refractivity contribution in [2.75, 3.05) is 12.5 Å². The Hall–Kier alpha value is -2.38. The van der Waals surface area contributed by atoms with E-state index >= 15 is 0 Å². The maximum atomic E-state index is 9.00. The molecule has 0 heterocycles. The van der Waals surface area contributed by atoms with E-state index in [4.69, 9.17) is 21.0 Å². The summed E-state index contributed by atoms with van der Waals surface area (Å²) >= 11 is 2.72. The van der Waals surface area contributed by atoms with Crippen LogP contribution in [0.5, 0.6) is 0 Å². The van der Waals surface area contributed by atoms with Crippen molar-refractivity contribution in [1.82, 2.24) is 0 Å². The van der Waals surface area contributed by atoms with Gasteiger partial charge in [0.05, 0.1) is 0 Å². The predicted octanol–water partition coefficient (Wildman–Crippen LogP) is 1.53. The lowest BCUT2D eigenvalue weighted by molar-refractivity contribution is 1.23. The molecule has 0 atom stereocenters. The molecule has 0 aliphatic heterocycles. The maximum absolute atomic E-state index is 9.00. The van der Waals surface area contributed by atoms with Gasteiger partial charge in [0, 0.05) is 20.2 Å². The molecule has 1 aromatic rings. The molecule has 0 radical (unpaired) electrons. The van der Waals surface area contributed by atoms with Gasteiger partial charge in [-0.15, -0.1) is 23.5 Å². The molecular formula is C14H8N4S2. The Bertz CT molecular complexity index is 723. The normalized spacial score (nSPS) is 8.70. The lowest BCUT2D eigenvalue weighted by Crippen LogP contribution is -2.18. The molecule has 96 valence electrons.